The number of fused-ring (bicyclic) bond motifs is 2. The lowest BCUT2D eigenvalue weighted by Crippen LogP contribution is -2.60. The molecule has 232 valence electrons. The average Bonchev–Trinajstić information content (AvgIpc) is 2.95. The zero-order chi connectivity index (χ0) is 30.4. The molecular formula is C31H38F3N5O3S. The third-order valence-electron chi connectivity index (χ3n) is 9.40. The van der Waals surface area contributed by atoms with Crippen LogP contribution in [0.3, 0.4) is 0 Å². The number of aliphatic hydroxyl groups excluding tert-OH is 1. The van der Waals surface area contributed by atoms with Crippen LogP contribution >= 0.6 is 0 Å². The molecule has 0 saturated carbocycles. The highest BCUT2D eigenvalue weighted by Crippen LogP contribution is 2.44. The molecule has 3 aliphatic heterocycles. The predicted octanol–water partition coefficient (Wildman–Crippen LogP) is 4.30. The van der Waals surface area contributed by atoms with Crippen LogP contribution in [0.2, 0.25) is 0 Å². The number of alkyl halides is 3. The number of hydrogen-bond donors (Lipinski definition) is 1. The summed E-state index contributed by atoms with van der Waals surface area (Å²) in [5, 5.41) is 10.2. The molecule has 1 atom stereocenters. The highest BCUT2D eigenvalue weighted by atomic mass is 32.2. The molecule has 4 heterocycles. The molecule has 0 amide bonds. The van der Waals surface area contributed by atoms with Gasteiger partial charge < -0.3 is 10.0 Å². The Bertz CT molecular complexity index is 1580. The number of aliphatic hydroxyl groups is 1. The number of piperidine rings is 1. The standard InChI is InChI=1S/C31H38F3N5O3S/c1-2-43(41,42)39-18-24-5-3-23(13-25(24)15-26(39)7-12-40)17-37-10-8-30(9-11-37)19-38(20-30)29-27-14-22(16-31(32,33)34)4-6-28(27)35-21-36-29/h3-6,13-14,21,26,40H,2,7-12,15-20H2,1H3. The molecule has 3 aliphatic rings. The maximum Gasteiger partial charge on any atom is 0.393 e. The van der Waals surface area contributed by atoms with E-state index in [0.717, 1.165) is 56.7 Å². The van der Waals surface area contributed by atoms with Gasteiger partial charge in [-0.05, 0) is 80.1 Å². The van der Waals surface area contributed by atoms with Gasteiger partial charge in [0, 0.05) is 49.6 Å². The molecule has 1 spiro atoms. The van der Waals surface area contributed by atoms with Crippen LogP contribution in [0, 0.1) is 5.41 Å². The van der Waals surface area contributed by atoms with Crippen LogP contribution < -0.4 is 4.90 Å². The molecule has 1 unspecified atom stereocenters. The van der Waals surface area contributed by atoms with Crippen LogP contribution in [0.4, 0.5) is 19.0 Å². The zero-order valence-corrected chi connectivity index (χ0v) is 25.2. The van der Waals surface area contributed by atoms with Gasteiger partial charge in [0.05, 0.1) is 17.7 Å². The summed E-state index contributed by atoms with van der Waals surface area (Å²) in [5.74, 6) is 0.760. The second-order valence-electron chi connectivity index (χ2n) is 12.4. The SMILES string of the molecule is CCS(=O)(=O)N1Cc2ccc(CN3CCC4(CC3)CN(c3ncnc5ccc(CC(F)(F)F)cc35)C4)cc2CC1CCO. The van der Waals surface area contributed by atoms with Crippen molar-refractivity contribution in [2.75, 3.05) is 43.4 Å². The molecular weight excluding hydrogens is 579 g/mol. The first-order valence-corrected chi connectivity index (χ1v) is 16.6. The van der Waals surface area contributed by atoms with E-state index >= 15 is 0 Å². The van der Waals surface area contributed by atoms with Crippen molar-refractivity contribution in [1.82, 2.24) is 19.2 Å². The smallest absolute Gasteiger partial charge is 0.393 e. The Morgan fingerprint density at radius 3 is 2.47 bits per heavy atom. The first-order chi connectivity index (χ1) is 20.5. The molecule has 8 nitrogen and oxygen atoms in total. The minimum Gasteiger partial charge on any atom is -0.396 e. The quantitative estimate of drug-likeness (QED) is 0.403. The van der Waals surface area contributed by atoms with Crippen molar-refractivity contribution in [2.24, 2.45) is 5.41 Å². The van der Waals surface area contributed by atoms with Crippen LogP contribution in [0.1, 0.15) is 48.4 Å². The normalized spacial score (nSPS) is 21.2. The van der Waals surface area contributed by atoms with E-state index in [1.807, 2.05) is 0 Å². The van der Waals surface area contributed by atoms with Gasteiger partial charge in [-0.1, -0.05) is 24.3 Å². The number of rotatable bonds is 8. The van der Waals surface area contributed by atoms with Gasteiger partial charge in [0.15, 0.2) is 0 Å². The Labute approximate surface area is 250 Å². The summed E-state index contributed by atoms with van der Waals surface area (Å²) in [5.41, 5.74) is 4.45. The molecule has 1 aromatic heterocycles. The lowest BCUT2D eigenvalue weighted by Gasteiger charge is -2.54. The fraction of sp³-hybridized carbons (Fsp3) is 0.548. The Morgan fingerprint density at radius 2 is 1.77 bits per heavy atom. The van der Waals surface area contributed by atoms with Gasteiger partial charge in [-0.25, -0.2) is 18.4 Å². The fourth-order valence-corrected chi connectivity index (χ4v) is 8.32. The first-order valence-electron chi connectivity index (χ1n) is 15.0. The maximum absolute atomic E-state index is 13.0. The number of nitrogens with zero attached hydrogens (tertiary/aromatic N) is 5. The molecule has 2 saturated heterocycles. The monoisotopic (exact) mass is 617 g/mol. The second-order valence-corrected chi connectivity index (χ2v) is 14.6. The Balaban J connectivity index is 1.07. The molecule has 2 aromatic carbocycles. The fourth-order valence-electron chi connectivity index (χ4n) is 7.02. The van der Waals surface area contributed by atoms with E-state index in [1.165, 1.54) is 18.0 Å². The number of hydrogen-bond acceptors (Lipinski definition) is 7. The van der Waals surface area contributed by atoms with Gasteiger partial charge in [-0.15, -0.1) is 0 Å². The largest absolute Gasteiger partial charge is 0.396 e. The van der Waals surface area contributed by atoms with Crippen molar-refractivity contribution in [2.45, 2.75) is 64.3 Å². The third kappa shape index (κ3) is 6.38. The molecule has 43 heavy (non-hydrogen) atoms. The average molecular weight is 618 g/mol. The molecule has 12 heteroatoms. The summed E-state index contributed by atoms with van der Waals surface area (Å²) in [7, 11) is -3.36. The predicted molar refractivity (Wildman–Crippen MR) is 159 cm³/mol. The van der Waals surface area contributed by atoms with Gasteiger partial charge in [0.25, 0.3) is 0 Å². The van der Waals surface area contributed by atoms with Crippen molar-refractivity contribution < 1.29 is 26.7 Å². The van der Waals surface area contributed by atoms with Gasteiger partial charge in [-0.2, -0.15) is 17.5 Å². The minimum absolute atomic E-state index is 0.0467. The summed E-state index contributed by atoms with van der Waals surface area (Å²) < 4.78 is 65.9. The topological polar surface area (TPSA) is 89.9 Å². The first kappa shape index (κ1) is 30.2. The number of anilines is 1. The molecule has 6 rings (SSSR count). The van der Waals surface area contributed by atoms with Crippen molar-refractivity contribution in [1.29, 1.82) is 0 Å². The summed E-state index contributed by atoms with van der Waals surface area (Å²) in [6, 6.07) is 10.9. The summed E-state index contributed by atoms with van der Waals surface area (Å²) >= 11 is 0. The third-order valence-corrected chi connectivity index (χ3v) is 11.3. The molecule has 0 aliphatic carbocycles. The Kier molecular flexibility index (Phi) is 8.16. The molecule has 3 aromatic rings. The van der Waals surface area contributed by atoms with Gasteiger partial charge in [0.1, 0.15) is 12.1 Å². The zero-order valence-electron chi connectivity index (χ0n) is 24.4. The van der Waals surface area contributed by atoms with Crippen LogP contribution in [-0.4, -0.2) is 83.5 Å². The van der Waals surface area contributed by atoms with E-state index in [1.54, 1.807) is 23.4 Å². The van der Waals surface area contributed by atoms with Gasteiger partial charge >= 0.3 is 6.18 Å². The summed E-state index contributed by atoms with van der Waals surface area (Å²) in [4.78, 5) is 13.4. The van der Waals surface area contributed by atoms with E-state index in [2.05, 4.69) is 38.0 Å². The maximum atomic E-state index is 13.0. The lowest BCUT2D eigenvalue weighted by molar-refractivity contribution is -0.127. The van der Waals surface area contributed by atoms with Crippen LogP contribution in [0.15, 0.2) is 42.7 Å². The number of halogens is 3. The van der Waals surface area contributed by atoms with Crippen molar-refractivity contribution in [3.05, 3.63) is 65.0 Å². The number of sulfonamides is 1. The van der Waals surface area contributed by atoms with E-state index in [-0.39, 0.29) is 29.4 Å². The number of aromatic nitrogens is 2. The van der Waals surface area contributed by atoms with E-state index in [0.29, 0.717) is 36.1 Å². The van der Waals surface area contributed by atoms with Crippen molar-refractivity contribution >= 4 is 26.7 Å². The van der Waals surface area contributed by atoms with E-state index < -0.39 is 22.6 Å². The highest BCUT2D eigenvalue weighted by molar-refractivity contribution is 7.89. The Morgan fingerprint density at radius 1 is 1.02 bits per heavy atom. The van der Waals surface area contributed by atoms with E-state index in [9.17, 15) is 26.7 Å². The van der Waals surface area contributed by atoms with Crippen LogP contribution in [-0.2, 0) is 36.0 Å². The van der Waals surface area contributed by atoms with Crippen molar-refractivity contribution in [3.8, 4) is 0 Å². The van der Waals surface area contributed by atoms with Gasteiger partial charge in [0.2, 0.25) is 10.0 Å². The van der Waals surface area contributed by atoms with Crippen molar-refractivity contribution in [3.63, 3.8) is 0 Å². The molecule has 0 radical (unpaired) electrons. The van der Waals surface area contributed by atoms with Gasteiger partial charge in [-0.3, -0.25) is 4.90 Å². The summed E-state index contributed by atoms with van der Waals surface area (Å²) in [6.07, 6.45) is -0.634. The number of likely N-dealkylation sites (tertiary alicyclic amines) is 1. The van der Waals surface area contributed by atoms with Crippen LogP contribution in [0.5, 0.6) is 0 Å². The Hall–Kier alpha value is -2.80. The second kappa shape index (κ2) is 11.6. The molecule has 0 bridgehead atoms. The number of benzene rings is 2. The lowest BCUT2D eigenvalue weighted by atomic mass is 9.72. The highest BCUT2D eigenvalue weighted by Gasteiger charge is 2.45. The van der Waals surface area contributed by atoms with Crippen LogP contribution in [0.25, 0.3) is 10.9 Å². The summed E-state index contributed by atoms with van der Waals surface area (Å²) in [6.45, 7) is 6.37. The molecule has 1 N–H and O–H groups in total. The molecule has 2 fully saturated rings. The van der Waals surface area contributed by atoms with E-state index in [4.69, 9.17) is 0 Å². The minimum atomic E-state index is -4.27.